The Hall–Kier alpha value is -2.37. The fourth-order valence-electron chi connectivity index (χ4n) is 1.48. The van der Waals surface area contributed by atoms with Crippen LogP contribution in [0.25, 0.3) is 0 Å². The van der Waals surface area contributed by atoms with E-state index in [1.165, 1.54) is 48.2 Å². The van der Waals surface area contributed by atoms with E-state index in [0.29, 0.717) is 11.6 Å². The van der Waals surface area contributed by atoms with Crippen LogP contribution in [0.15, 0.2) is 41.2 Å². The van der Waals surface area contributed by atoms with Crippen molar-refractivity contribution in [3.63, 3.8) is 0 Å². The molecule has 0 N–H and O–H groups in total. The zero-order valence-corrected chi connectivity index (χ0v) is 10.4. The Morgan fingerprint density at radius 3 is 2.63 bits per heavy atom. The molecule has 0 aliphatic heterocycles. The zero-order chi connectivity index (χ0) is 13.7. The van der Waals surface area contributed by atoms with Crippen LogP contribution in [0.2, 0.25) is 0 Å². The lowest BCUT2D eigenvalue weighted by Gasteiger charge is -2.08. The van der Waals surface area contributed by atoms with E-state index in [0.717, 1.165) is 0 Å². The van der Waals surface area contributed by atoms with Crippen LogP contribution in [0.1, 0.15) is 0 Å². The van der Waals surface area contributed by atoms with Gasteiger partial charge in [0.05, 0.1) is 13.7 Å². The molecule has 0 saturated heterocycles. The Balaban J connectivity index is 1.95. The van der Waals surface area contributed by atoms with E-state index in [9.17, 15) is 9.18 Å². The van der Waals surface area contributed by atoms with Crippen molar-refractivity contribution in [3.8, 4) is 11.6 Å². The summed E-state index contributed by atoms with van der Waals surface area (Å²) in [7, 11) is 1.48. The third-order valence-electron chi connectivity index (χ3n) is 2.44. The van der Waals surface area contributed by atoms with E-state index in [1.807, 2.05) is 0 Å². The first-order valence-corrected chi connectivity index (χ1v) is 5.69. The minimum atomic E-state index is -0.321. The first kappa shape index (κ1) is 13.1. The third kappa shape index (κ3) is 3.54. The molecule has 2 rings (SSSR count). The van der Waals surface area contributed by atoms with Crippen molar-refractivity contribution in [2.24, 2.45) is 0 Å². The molecule has 0 saturated carbocycles. The normalized spacial score (nSPS) is 10.2. The topological polar surface area (TPSA) is 53.4 Å². The van der Waals surface area contributed by atoms with Gasteiger partial charge in [0.2, 0.25) is 5.88 Å². The molecule has 1 aromatic heterocycles. The summed E-state index contributed by atoms with van der Waals surface area (Å²) in [5.41, 5.74) is -0.233. The van der Waals surface area contributed by atoms with Crippen LogP contribution in [0, 0.1) is 5.82 Å². The standard InChI is InChI=1S/C13H13FN2O3/c1-18-12-6-7-13(17)16(15-12)8-9-19-11-4-2-10(14)3-5-11/h2-7H,8-9H2,1H3. The molecular weight excluding hydrogens is 251 g/mol. The van der Waals surface area contributed by atoms with Gasteiger partial charge in [-0.25, -0.2) is 9.07 Å². The summed E-state index contributed by atoms with van der Waals surface area (Å²) >= 11 is 0. The molecule has 0 atom stereocenters. The van der Waals surface area contributed by atoms with E-state index >= 15 is 0 Å². The Kier molecular flexibility index (Phi) is 4.12. The third-order valence-corrected chi connectivity index (χ3v) is 2.44. The number of hydrogen-bond acceptors (Lipinski definition) is 4. The number of benzene rings is 1. The highest BCUT2D eigenvalue weighted by Gasteiger charge is 2.01. The van der Waals surface area contributed by atoms with Gasteiger partial charge in [0, 0.05) is 12.1 Å². The lowest BCUT2D eigenvalue weighted by Crippen LogP contribution is -2.25. The van der Waals surface area contributed by atoms with Gasteiger partial charge in [-0.2, -0.15) is 0 Å². The van der Waals surface area contributed by atoms with Crippen molar-refractivity contribution in [3.05, 3.63) is 52.6 Å². The van der Waals surface area contributed by atoms with Gasteiger partial charge >= 0.3 is 0 Å². The van der Waals surface area contributed by atoms with Gasteiger partial charge in [0.15, 0.2) is 0 Å². The molecule has 6 heteroatoms. The Labute approximate surface area is 109 Å². The van der Waals surface area contributed by atoms with Gasteiger partial charge in [-0.3, -0.25) is 4.79 Å². The van der Waals surface area contributed by atoms with Crippen LogP contribution in [-0.2, 0) is 6.54 Å². The Morgan fingerprint density at radius 2 is 1.95 bits per heavy atom. The van der Waals surface area contributed by atoms with Crippen molar-refractivity contribution in [2.45, 2.75) is 6.54 Å². The molecule has 0 unspecified atom stereocenters. The number of methoxy groups -OCH3 is 1. The summed E-state index contributed by atoms with van der Waals surface area (Å²) in [5.74, 6) is 0.580. The summed E-state index contributed by atoms with van der Waals surface area (Å²) in [6, 6.07) is 8.55. The van der Waals surface area contributed by atoms with E-state index < -0.39 is 0 Å². The molecule has 0 aliphatic rings. The minimum Gasteiger partial charge on any atom is -0.492 e. The highest BCUT2D eigenvalue weighted by Crippen LogP contribution is 2.10. The van der Waals surface area contributed by atoms with Crippen molar-refractivity contribution >= 4 is 0 Å². The van der Waals surface area contributed by atoms with Crippen molar-refractivity contribution in [1.29, 1.82) is 0 Å². The van der Waals surface area contributed by atoms with E-state index in [2.05, 4.69) is 5.10 Å². The second kappa shape index (κ2) is 5.99. The van der Waals surface area contributed by atoms with E-state index in [4.69, 9.17) is 9.47 Å². The summed E-state index contributed by atoms with van der Waals surface area (Å²) in [4.78, 5) is 11.5. The van der Waals surface area contributed by atoms with Gasteiger partial charge in [-0.05, 0) is 24.3 Å². The fraction of sp³-hybridized carbons (Fsp3) is 0.231. The van der Waals surface area contributed by atoms with Crippen LogP contribution in [0.3, 0.4) is 0 Å². The molecule has 0 radical (unpaired) electrons. The fourth-order valence-corrected chi connectivity index (χ4v) is 1.48. The number of rotatable bonds is 5. The summed E-state index contributed by atoms with van der Waals surface area (Å²) in [5, 5.41) is 3.98. The lowest BCUT2D eigenvalue weighted by molar-refractivity contribution is 0.282. The molecule has 2 aromatic rings. The van der Waals surface area contributed by atoms with Gasteiger partial charge in [-0.15, -0.1) is 5.10 Å². The van der Waals surface area contributed by atoms with Gasteiger partial charge in [0.1, 0.15) is 18.2 Å². The maximum Gasteiger partial charge on any atom is 0.267 e. The molecule has 100 valence electrons. The average Bonchev–Trinajstić information content (AvgIpc) is 2.43. The van der Waals surface area contributed by atoms with Crippen LogP contribution >= 0.6 is 0 Å². The molecule has 1 aromatic carbocycles. The predicted molar refractivity (Wildman–Crippen MR) is 66.9 cm³/mol. The molecular formula is C13H13FN2O3. The molecule has 19 heavy (non-hydrogen) atoms. The molecule has 0 amide bonds. The highest BCUT2D eigenvalue weighted by atomic mass is 19.1. The van der Waals surface area contributed by atoms with E-state index in [1.54, 1.807) is 0 Å². The highest BCUT2D eigenvalue weighted by molar-refractivity contribution is 5.21. The van der Waals surface area contributed by atoms with Crippen LogP contribution in [-0.4, -0.2) is 23.5 Å². The SMILES string of the molecule is COc1ccc(=O)n(CCOc2ccc(F)cc2)n1. The Morgan fingerprint density at radius 1 is 1.21 bits per heavy atom. The molecule has 0 fully saturated rings. The molecule has 1 heterocycles. The Bertz CT molecular complexity index is 596. The van der Waals surface area contributed by atoms with Crippen molar-refractivity contribution < 1.29 is 13.9 Å². The quantitative estimate of drug-likeness (QED) is 0.820. The van der Waals surface area contributed by atoms with Crippen LogP contribution < -0.4 is 15.0 Å². The maximum atomic E-state index is 12.7. The molecule has 0 aliphatic carbocycles. The van der Waals surface area contributed by atoms with E-state index in [-0.39, 0.29) is 24.5 Å². The number of hydrogen-bond donors (Lipinski definition) is 0. The van der Waals surface area contributed by atoms with Crippen molar-refractivity contribution in [1.82, 2.24) is 9.78 Å². The number of halogens is 1. The minimum absolute atomic E-state index is 0.233. The average molecular weight is 264 g/mol. The zero-order valence-electron chi connectivity index (χ0n) is 10.4. The molecule has 0 spiro atoms. The predicted octanol–water partition coefficient (Wildman–Crippen LogP) is 1.47. The summed E-state index contributed by atoms with van der Waals surface area (Å²) in [6.07, 6.45) is 0. The van der Waals surface area contributed by atoms with Gasteiger partial charge < -0.3 is 9.47 Å². The number of nitrogens with zero attached hydrogens (tertiary/aromatic N) is 2. The smallest absolute Gasteiger partial charge is 0.267 e. The largest absolute Gasteiger partial charge is 0.492 e. The first-order valence-electron chi connectivity index (χ1n) is 5.69. The van der Waals surface area contributed by atoms with Crippen LogP contribution in [0.5, 0.6) is 11.6 Å². The molecule has 0 bridgehead atoms. The maximum absolute atomic E-state index is 12.7. The van der Waals surface area contributed by atoms with Crippen LogP contribution in [0.4, 0.5) is 4.39 Å². The number of aromatic nitrogens is 2. The van der Waals surface area contributed by atoms with Gasteiger partial charge in [0.25, 0.3) is 5.56 Å². The van der Waals surface area contributed by atoms with Gasteiger partial charge in [-0.1, -0.05) is 0 Å². The second-order valence-corrected chi connectivity index (χ2v) is 3.74. The summed E-state index contributed by atoms with van der Waals surface area (Å²) in [6.45, 7) is 0.541. The lowest BCUT2D eigenvalue weighted by atomic mass is 10.3. The second-order valence-electron chi connectivity index (χ2n) is 3.74. The van der Waals surface area contributed by atoms with Crippen molar-refractivity contribution in [2.75, 3.05) is 13.7 Å². The summed E-state index contributed by atoms with van der Waals surface area (Å²) < 4.78 is 24.3. The first-order chi connectivity index (χ1) is 9.19. The monoisotopic (exact) mass is 264 g/mol. The molecule has 5 nitrogen and oxygen atoms in total. The number of ether oxygens (including phenoxy) is 2.